The van der Waals surface area contributed by atoms with Crippen molar-refractivity contribution in [3.8, 4) is 0 Å². The fourth-order valence-electron chi connectivity index (χ4n) is 2.90. The Kier molecular flexibility index (Phi) is 5.96. The molecule has 1 aliphatic rings. The molecule has 1 saturated heterocycles. The van der Waals surface area contributed by atoms with Crippen molar-refractivity contribution in [2.24, 2.45) is 0 Å². The van der Waals surface area contributed by atoms with Gasteiger partial charge in [-0.15, -0.1) is 11.3 Å². The predicted octanol–water partition coefficient (Wildman–Crippen LogP) is 2.26. The summed E-state index contributed by atoms with van der Waals surface area (Å²) in [4.78, 5) is 16.8. The summed E-state index contributed by atoms with van der Waals surface area (Å²) >= 11 is 1.61. The Balaban J connectivity index is 1.54. The van der Waals surface area contributed by atoms with Crippen molar-refractivity contribution < 1.29 is 4.79 Å². The van der Waals surface area contributed by atoms with E-state index in [1.54, 1.807) is 11.3 Å². The van der Waals surface area contributed by atoms with Gasteiger partial charge in [-0.25, -0.2) is 4.98 Å². The van der Waals surface area contributed by atoms with Crippen LogP contribution in [0.2, 0.25) is 0 Å². The number of carbonyl (C=O) groups excluding carboxylic acids is 1. The van der Waals surface area contributed by atoms with Crippen molar-refractivity contribution in [2.75, 3.05) is 20.1 Å². The van der Waals surface area contributed by atoms with Crippen LogP contribution in [0, 0.1) is 0 Å². The Morgan fingerprint density at radius 2 is 1.88 bits per heavy atom. The molecule has 3 rings (SSSR count). The Morgan fingerprint density at radius 1 is 1.21 bits per heavy atom. The number of nitrogens with one attached hydrogen (secondary N) is 3. The molecule has 6 heteroatoms. The van der Waals surface area contributed by atoms with Crippen LogP contribution in [0.3, 0.4) is 0 Å². The van der Waals surface area contributed by atoms with Gasteiger partial charge in [0.05, 0.1) is 5.01 Å². The van der Waals surface area contributed by atoms with Gasteiger partial charge in [0.15, 0.2) is 0 Å². The fraction of sp³-hybridized carbons (Fsp3) is 0.444. The van der Waals surface area contributed by atoms with E-state index in [1.165, 1.54) is 5.56 Å². The summed E-state index contributed by atoms with van der Waals surface area (Å²) in [5.74, 6) is 0.406. The Morgan fingerprint density at radius 3 is 2.54 bits per heavy atom. The molecule has 0 bridgehead atoms. The van der Waals surface area contributed by atoms with Crippen molar-refractivity contribution >= 4 is 17.2 Å². The predicted molar refractivity (Wildman–Crippen MR) is 97.3 cm³/mol. The van der Waals surface area contributed by atoms with Crippen LogP contribution >= 0.6 is 11.3 Å². The van der Waals surface area contributed by atoms with Crippen LogP contribution in [-0.4, -0.2) is 31.0 Å². The molecule has 0 spiro atoms. The molecule has 0 atom stereocenters. The number of thiazole rings is 1. The number of rotatable bonds is 6. The van der Waals surface area contributed by atoms with Crippen LogP contribution in [-0.2, 0) is 13.1 Å². The molecule has 5 nitrogen and oxygen atoms in total. The number of aromatic nitrogens is 1. The highest BCUT2D eigenvalue weighted by Gasteiger charge is 2.20. The molecule has 128 valence electrons. The molecule has 1 aromatic carbocycles. The van der Waals surface area contributed by atoms with E-state index in [0.29, 0.717) is 18.2 Å². The lowest BCUT2D eigenvalue weighted by molar-refractivity contribution is 0.0946. The highest BCUT2D eigenvalue weighted by Crippen LogP contribution is 2.27. The summed E-state index contributed by atoms with van der Waals surface area (Å²) in [5.41, 5.74) is 2.87. The molecule has 2 heterocycles. The molecule has 24 heavy (non-hydrogen) atoms. The minimum absolute atomic E-state index is 0.0919. The minimum atomic E-state index is -0.0919. The third-order valence-electron chi connectivity index (χ3n) is 4.30. The van der Waals surface area contributed by atoms with Gasteiger partial charge in [-0.3, -0.25) is 4.79 Å². The van der Waals surface area contributed by atoms with Crippen LogP contribution in [0.25, 0.3) is 0 Å². The van der Waals surface area contributed by atoms with E-state index in [2.05, 4.69) is 45.2 Å². The first-order valence-electron chi connectivity index (χ1n) is 8.43. The Hall–Kier alpha value is -1.76. The summed E-state index contributed by atoms with van der Waals surface area (Å²) < 4.78 is 0. The molecule has 0 aliphatic carbocycles. The van der Waals surface area contributed by atoms with Crippen LogP contribution in [0.1, 0.15) is 45.4 Å². The molecule has 1 fully saturated rings. The second-order valence-electron chi connectivity index (χ2n) is 6.12. The van der Waals surface area contributed by atoms with Gasteiger partial charge in [-0.2, -0.15) is 0 Å². The van der Waals surface area contributed by atoms with E-state index in [1.807, 2.05) is 12.4 Å². The van der Waals surface area contributed by atoms with E-state index >= 15 is 0 Å². The maximum atomic E-state index is 12.3. The van der Waals surface area contributed by atoms with Crippen molar-refractivity contribution in [3.63, 3.8) is 0 Å². The van der Waals surface area contributed by atoms with Crippen molar-refractivity contribution in [1.82, 2.24) is 20.9 Å². The number of hydrogen-bond donors (Lipinski definition) is 3. The number of hydrogen-bond acceptors (Lipinski definition) is 5. The van der Waals surface area contributed by atoms with E-state index in [0.717, 1.165) is 43.0 Å². The minimum Gasteiger partial charge on any atom is -0.347 e. The zero-order valence-corrected chi connectivity index (χ0v) is 14.8. The summed E-state index contributed by atoms with van der Waals surface area (Å²) in [6.07, 6.45) is 2.21. The van der Waals surface area contributed by atoms with E-state index in [4.69, 9.17) is 0 Å². The first-order valence-corrected chi connectivity index (χ1v) is 9.31. The third-order valence-corrected chi connectivity index (χ3v) is 5.31. The maximum absolute atomic E-state index is 12.3. The first-order chi connectivity index (χ1) is 11.8. The van der Waals surface area contributed by atoms with Crippen LogP contribution in [0.5, 0.6) is 0 Å². The highest BCUT2D eigenvalue weighted by molar-refractivity contribution is 7.09. The van der Waals surface area contributed by atoms with E-state index in [-0.39, 0.29) is 5.91 Å². The molecule has 0 radical (unpaired) electrons. The van der Waals surface area contributed by atoms with Crippen LogP contribution in [0.4, 0.5) is 0 Å². The molecule has 3 N–H and O–H groups in total. The lowest BCUT2D eigenvalue weighted by Crippen LogP contribution is -2.27. The van der Waals surface area contributed by atoms with Gasteiger partial charge in [-0.1, -0.05) is 24.3 Å². The van der Waals surface area contributed by atoms with E-state index < -0.39 is 0 Å². The molecule has 1 aromatic heterocycles. The van der Waals surface area contributed by atoms with Crippen LogP contribution < -0.4 is 16.0 Å². The smallest absolute Gasteiger partial charge is 0.271 e. The second kappa shape index (κ2) is 8.37. The van der Waals surface area contributed by atoms with Crippen molar-refractivity contribution in [3.05, 3.63) is 51.5 Å². The molecule has 1 aliphatic heterocycles. The van der Waals surface area contributed by atoms with Gasteiger partial charge < -0.3 is 16.0 Å². The van der Waals surface area contributed by atoms with Gasteiger partial charge in [-0.05, 0) is 44.1 Å². The summed E-state index contributed by atoms with van der Waals surface area (Å²) in [5, 5.41) is 12.4. The standard InChI is InChI=1S/C18H24N4OS/c1-19-10-13-2-4-14(5-3-13)11-21-17(23)16-12-24-18(22-16)15-6-8-20-9-7-15/h2-5,12,15,19-20H,6-11H2,1H3,(H,21,23). The molecule has 1 amide bonds. The average molecular weight is 344 g/mol. The zero-order valence-electron chi connectivity index (χ0n) is 14.0. The SMILES string of the molecule is CNCc1ccc(CNC(=O)c2csc(C3CCNCC3)n2)cc1. The normalized spacial score (nSPS) is 15.4. The van der Waals surface area contributed by atoms with Gasteiger partial charge in [0, 0.05) is 24.4 Å². The number of carbonyl (C=O) groups is 1. The van der Waals surface area contributed by atoms with Gasteiger partial charge >= 0.3 is 0 Å². The number of amides is 1. The zero-order chi connectivity index (χ0) is 16.8. The monoisotopic (exact) mass is 344 g/mol. The molecular formula is C18H24N4OS. The van der Waals surface area contributed by atoms with Gasteiger partial charge in [0.1, 0.15) is 5.69 Å². The largest absolute Gasteiger partial charge is 0.347 e. The summed E-state index contributed by atoms with van der Waals surface area (Å²) in [6.45, 7) is 3.45. The molecular weight excluding hydrogens is 320 g/mol. The number of piperidine rings is 1. The Bertz CT molecular complexity index is 662. The lowest BCUT2D eigenvalue weighted by atomic mass is 9.99. The van der Waals surface area contributed by atoms with E-state index in [9.17, 15) is 4.79 Å². The third kappa shape index (κ3) is 4.41. The van der Waals surface area contributed by atoms with Crippen molar-refractivity contribution in [1.29, 1.82) is 0 Å². The second-order valence-corrected chi connectivity index (χ2v) is 7.01. The van der Waals surface area contributed by atoms with Crippen LogP contribution in [0.15, 0.2) is 29.6 Å². The fourth-order valence-corrected chi connectivity index (χ4v) is 3.87. The summed E-state index contributed by atoms with van der Waals surface area (Å²) in [7, 11) is 1.93. The van der Waals surface area contributed by atoms with Crippen molar-refractivity contribution in [2.45, 2.75) is 31.8 Å². The topological polar surface area (TPSA) is 66.0 Å². The molecule has 2 aromatic rings. The highest BCUT2D eigenvalue weighted by atomic mass is 32.1. The molecule has 0 unspecified atom stereocenters. The van der Waals surface area contributed by atoms with Gasteiger partial charge in [0.2, 0.25) is 0 Å². The molecule has 0 saturated carbocycles. The first kappa shape index (κ1) is 17.1. The van der Waals surface area contributed by atoms with Gasteiger partial charge in [0.25, 0.3) is 5.91 Å². The maximum Gasteiger partial charge on any atom is 0.271 e. The number of benzene rings is 1. The number of nitrogens with zero attached hydrogens (tertiary/aromatic N) is 1. The average Bonchev–Trinajstić information content (AvgIpc) is 3.12. The quantitative estimate of drug-likeness (QED) is 0.752. The summed E-state index contributed by atoms with van der Waals surface area (Å²) in [6, 6.07) is 8.26. The lowest BCUT2D eigenvalue weighted by Gasteiger charge is -2.20. The Labute approximate surface area is 146 Å².